The molecule has 0 aliphatic rings. The Hall–Kier alpha value is -1.63. The Bertz CT molecular complexity index is 894. The molecule has 0 spiro atoms. The Morgan fingerprint density at radius 3 is 2.80 bits per heavy atom. The van der Waals surface area contributed by atoms with Gasteiger partial charge in [0.15, 0.2) is 6.20 Å². The fourth-order valence-electron chi connectivity index (χ4n) is 2.36. The smallest absolute Gasteiger partial charge is 0.201 e. The highest BCUT2D eigenvalue weighted by Gasteiger charge is 2.14. The molecular weight excluding hydrogens is 242 g/mol. The standard InChI is InChI=1S/C19H26N/c1-6-16(7-2)17-9-10-18(15(4)12-17)19-11-8-14(3)13-20(19)5/h8-13,16H,6-7H2,1-5H3/q+1/i1D3,3D3,7D2,16D. The SMILES string of the molecule is [2H]C([2H])([2H])CC([2H])(c1ccc(-c2ccc(C([2H])([2H])[2H])c[n+]2C)c(C)c1)C([2H])([2H])C. The highest BCUT2D eigenvalue weighted by Crippen LogP contribution is 2.28. The Morgan fingerprint density at radius 1 is 1.35 bits per heavy atom. The Balaban J connectivity index is 2.55. The van der Waals surface area contributed by atoms with Crippen LogP contribution in [-0.2, 0) is 7.05 Å². The van der Waals surface area contributed by atoms with Gasteiger partial charge in [-0.05, 0) is 55.7 Å². The van der Waals surface area contributed by atoms with Crippen LogP contribution in [0.1, 0.15) is 61.5 Å². The highest BCUT2D eigenvalue weighted by atomic mass is 14.9. The lowest BCUT2D eigenvalue weighted by Crippen LogP contribution is -2.31. The largest absolute Gasteiger partial charge is 0.212 e. The van der Waals surface area contributed by atoms with Crippen LogP contribution < -0.4 is 4.57 Å². The van der Waals surface area contributed by atoms with Crippen LogP contribution in [-0.4, -0.2) is 0 Å². The third-order valence-electron chi connectivity index (χ3n) is 3.46. The van der Waals surface area contributed by atoms with E-state index >= 15 is 0 Å². The lowest BCUT2D eigenvalue weighted by molar-refractivity contribution is -0.660. The van der Waals surface area contributed by atoms with E-state index in [1.165, 1.54) is 6.92 Å². The van der Waals surface area contributed by atoms with Crippen molar-refractivity contribution < 1.29 is 16.9 Å². The minimum Gasteiger partial charge on any atom is -0.201 e. The lowest BCUT2D eigenvalue weighted by Gasteiger charge is -2.15. The number of rotatable bonds is 4. The summed E-state index contributed by atoms with van der Waals surface area (Å²) in [7, 11) is 1.74. The molecule has 0 radical (unpaired) electrons. The van der Waals surface area contributed by atoms with E-state index in [1.807, 2.05) is 0 Å². The minimum absolute atomic E-state index is 0.222. The van der Waals surface area contributed by atoms with Gasteiger partial charge in [0.05, 0.1) is 0 Å². The number of aromatic nitrogens is 1. The van der Waals surface area contributed by atoms with Crippen LogP contribution in [0, 0.1) is 13.8 Å². The molecule has 0 aliphatic carbocycles. The summed E-state index contributed by atoms with van der Waals surface area (Å²) in [6, 6.07) is 8.21. The van der Waals surface area contributed by atoms with Gasteiger partial charge in [0.2, 0.25) is 5.69 Å². The molecule has 0 bridgehead atoms. The predicted molar refractivity (Wildman–Crippen MR) is 85.9 cm³/mol. The minimum atomic E-state index is -2.45. The number of benzene rings is 1. The van der Waals surface area contributed by atoms with Gasteiger partial charge in [0.25, 0.3) is 0 Å². The van der Waals surface area contributed by atoms with Gasteiger partial charge in [0, 0.05) is 29.5 Å². The maximum atomic E-state index is 8.68. The fraction of sp³-hybridized carbons (Fsp3) is 0.421. The summed E-state index contributed by atoms with van der Waals surface area (Å²) in [5, 5.41) is 0. The highest BCUT2D eigenvalue weighted by molar-refractivity contribution is 5.61. The summed E-state index contributed by atoms with van der Waals surface area (Å²) in [6.07, 6.45) is -1.13. The molecule has 1 heterocycles. The molecule has 1 nitrogen and oxygen atoms in total. The monoisotopic (exact) mass is 277 g/mol. The number of aryl methyl sites for hydroxylation is 3. The van der Waals surface area contributed by atoms with Gasteiger partial charge in [-0.2, -0.15) is 0 Å². The van der Waals surface area contributed by atoms with Crippen molar-refractivity contribution in [2.24, 2.45) is 7.05 Å². The van der Waals surface area contributed by atoms with E-state index < -0.39 is 32.4 Å². The Labute approximate surface area is 135 Å². The summed E-state index contributed by atoms with van der Waals surface area (Å²) < 4.78 is 71.8. The summed E-state index contributed by atoms with van der Waals surface area (Å²) in [5.74, 6) is -1.94. The molecule has 106 valence electrons. The van der Waals surface area contributed by atoms with Crippen LogP contribution in [0.2, 0.25) is 0 Å². The summed E-state index contributed by atoms with van der Waals surface area (Å²) in [6.45, 7) is -1.63. The fourth-order valence-corrected chi connectivity index (χ4v) is 2.36. The molecule has 0 N–H and O–H groups in total. The van der Waals surface area contributed by atoms with Crippen molar-refractivity contribution in [3.05, 3.63) is 53.2 Å². The van der Waals surface area contributed by atoms with E-state index in [1.54, 1.807) is 55.1 Å². The van der Waals surface area contributed by atoms with Gasteiger partial charge in [-0.1, -0.05) is 25.9 Å². The average Bonchev–Trinajstić information content (AvgIpc) is 2.51. The quantitative estimate of drug-likeness (QED) is 0.713. The molecule has 2 aromatic rings. The normalized spacial score (nSPS) is 22.6. The van der Waals surface area contributed by atoms with Gasteiger partial charge in [-0.15, -0.1) is 0 Å². The summed E-state index contributed by atoms with van der Waals surface area (Å²) in [4.78, 5) is 0. The van der Waals surface area contributed by atoms with Crippen LogP contribution in [0.15, 0.2) is 36.5 Å². The Kier molecular flexibility index (Phi) is 2.14. The molecule has 1 unspecified atom stereocenters. The second-order valence-electron chi connectivity index (χ2n) is 4.85. The van der Waals surface area contributed by atoms with Crippen molar-refractivity contribution in [1.29, 1.82) is 0 Å². The zero-order chi connectivity index (χ0) is 22.4. The van der Waals surface area contributed by atoms with Gasteiger partial charge in [-0.25, -0.2) is 4.57 Å². The van der Waals surface area contributed by atoms with E-state index in [4.69, 9.17) is 12.3 Å². The first-order valence-corrected chi connectivity index (χ1v) is 6.57. The molecule has 1 heteroatoms. The molecule has 20 heavy (non-hydrogen) atoms. The van der Waals surface area contributed by atoms with Crippen molar-refractivity contribution >= 4 is 0 Å². The average molecular weight is 277 g/mol. The van der Waals surface area contributed by atoms with Crippen LogP contribution in [0.5, 0.6) is 0 Å². The molecule has 0 amide bonds. The molecule has 0 saturated heterocycles. The van der Waals surface area contributed by atoms with Crippen molar-refractivity contribution in [3.63, 3.8) is 0 Å². The molecule has 1 aromatic carbocycles. The second-order valence-corrected chi connectivity index (χ2v) is 4.85. The lowest BCUT2D eigenvalue weighted by atomic mass is 9.90. The van der Waals surface area contributed by atoms with E-state index in [0.717, 1.165) is 16.8 Å². The van der Waals surface area contributed by atoms with Gasteiger partial charge >= 0.3 is 0 Å². The van der Waals surface area contributed by atoms with Crippen LogP contribution in [0.25, 0.3) is 11.3 Å². The van der Waals surface area contributed by atoms with Crippen molar-refractivity contribution in [2.45, 2.75) is 46.2 Å². The number of nitrogens with zero attached hydrogens (tertiary/aromatic N) is 1. The maximum absolute atomic E-state index is 8.68. The predicted octanol–water partition coefficient (Wildman–Crippen LogP) is 4.70. The molecule has 0 aliphatic heterocycles. The van der Waals surface area contributed by atoms with Crippen molar-refractivity contribution in [2.75, 3.05) is 0 Å². The molecule has 2 rings (SSSR count). The van der Waals surface area contributed by atoms with Crippen LogP contribution in [0.3, 0.4) is 0 Å². The number of hydrogen-bond donors (Lipinski definition) is 0. The van der Waals surface area contributed by atoms with E-state index in [9.17, 15) is 0 Å². The van der Waals surface area contributed by atoms with Crippen LogP contribution in [0.4, 0.5) is 0 Å². The number of hydrogen-bond acceptors (Lipinski definition) is 0. The molecule has 1 atom stereocenters. The van der Waals surface area contributed by atoms with Gasteiger partial charge in [0.1, 0.15) is 7.05 Å². The van der Waals surface area contributed by atoms with Gasteiger partial charge < -0.3 is 0 Å². The van der Waals surface area contributed by atoms with Crippen molar-refractivity contribution in [1.82, 2.24) is 0 Å². The first-order valence-electron chi connectivity index (χ1n) is 11.1. The van der Waals surface area contributed by atoms with Crippen molar-refractivity contribution in [3.8, 4) is 11.3 Å². The molecule has 0 saturated carbocycles. The van der Waals surface area contributed by atoms with E-state index in [0.29, 0.717) is 5.56 Å². The summed E-state index contributed by atoms with van der Waals surface area (Å²) >= 11 is 0. The molecular formula is C19H26N+. The van der Waals surface area contributed by atoms with Gasteiger partial charge in [-0.3, -0.25) is 0 Å². The third-order valence-corrected chi connectivity index (χ3v) is 3.46. The third kappa shape index (κ3) is 2.92. The zero-order valence-electron chi connectivity index (χ0n) is 21.1. The van der Waals surface area contributed by atoms with E-state index in [-0.39, 0.29) is 5.56 Å². The molecule has 0 fully saturated rings. The Morgan fingerprint density at radius 2 is 2.20 bits per heavy atom. The molecule has 1 aromatic heterocycles. The van der Waals surface area contributed by atoms with Crippen LogP contribution >= 0.6 is 0 Å². The summed E-state index contributed by atoms with van der Waals surface area (Å²) in [5.41, 5.74) is 2.81. The first kappa shape index (κ1) is 6.89. The maximum Gasteiger partial charge on any atom is 0.212 e. The zero-order valence-corrected chi connectivity index (χ0v) is 12.1. The number of pyridine rings is 1. The second kappa shape index (κ2) is 6.21. The van der Waals surface area contributed by atoms with E-state index in [2.05, 4.69) is 0 Å². The first-order chi connectivity index (χ1) is 13.0. The topological polar surface area (TPSA) is 3.88 Å².